The quantitative estimate of drug-likeness (QED) is 0.757. The summed E-state index contributed by atoms with van der Waals surface area (Å²) in [6, 6.07) is 5.17. The van der Waals surface area contributed by atoms with Gasteiger partial charge in [-0.2, -0.15) is 0 Å². The number of halogens is 1. The van der Waals surface area contributed by atoms with Crippen LogP contribution >= 0.6 is 24.2 Å². The Morgan fingerprint density at radius 2 is 2.27 bits per heavy atom. The zero-order valence-corrected chi connectivity index (χ0v) is 13.7. The molecule has 1 saturated heterocycles. The van der Waals surface area contributed by atoms with Crippen molar-refractivity contribution in [2.75, 3.05) is 29.5 Å². The van der Waals surface area contributed by atoms with Crippen LogP contribution in [0.1, 0.15) is 6.92 Å². The zero-order valence-electron chi connectivity index (χ0n) is 12.0. The normalized spacial score (nSPS) is 23.8. The summed E-state index contributed by atoms with van der Waals surface area (Å²) in [7, 11) is 0. The third kappa shape index (κ3) is 3.73. The lowest BCUT2D eigenvalue weighted by atomic mass is 10.1. The fourth-order valence-corrected chi connectivity index (χ4v) is 3.20. The van der Waals surface area contributed by atoms with E-state index in [-0.39, 0.29) is 36.4 Å². The van der Waals surface area contributed by atoms with Crippen molar-refractivity contribution in [3.63, 3.8) is 0 Å². The molecule has 0 spiro atoms. The highest BCUT2D eigenvalue weighted by Crippen LogP contribution is 2.33. The highest BCUT2D eigenvalue weighted by Gasteiger charge is 2.28. The number of hydrogen-bond acceptors (Lipinski definition) is 5. The molecule has 0 saturated carbocycles. The summed E-state index contributed by atoms with van der Waals surface area (Å²) in [6.45, 7) is 3.16. The number of hydrogen-bond donors (Lipinski definition) is 3. The maximum Gasteiger partial charge on any atom is 0.244 e. The molecule has 3 rings (SSSR count). The van der Waals surface area contributed by atoms with Crippen LogP contribution in [0.2, 0.25) is 0 Å². The van der Waals surface area contributed by atoms with E-state index in [1.54, 1.807) is 6.07 Å². The summed E-state index contributed by atoms with van der Waals surface area (Å²) >= 11 is 1.50. The molecule has 22 heavy (non-hydrogen) atoms. The summed E-state index contributed by atoms with van der Waals surface area (Å²) in [5.74, 6) is 0.281. The minimum Gasteiger partial charge on any atom is -0.375 e. The lowest BCUT2D eigenvalue weighted by molar-refractivity contribution is -0.123. The molecule has 0 aromatic heterocycles. The average Bonchev–Trinajstić information content (AvgIpc) is 2.47. The van der Waals surface area contributed by atoms with E-state index in [0.29, 0.717) is 24.6 Å². The molecule has 3 N–H and O–H groups in total. The Balaban J connectivity index is 0.00000176. The number of ether oxygens (including phenoxy) is 1. The fourth-order valence-electron chi connectivity index (χ4n) is 2.41. The van der Waals surface area contributed by atoms with Crippen molar-refractivity contribution in [2.24, 2.45) is 0 Å². The second kappa shape index (κ2) is 7.32. The van der Waals surface area contributed by atoms with Crippen molar-refractivity contribution in [3.05, 3.63) is 18.2 Å². The molecule has 2 aliphatic heterocycles. The van der Waals surface area contributed by atoms with Crippen LogP contribution in [0.25, 0.3) is 0 Å². The van der Waals surface area contributed by atoms with Gasteiger partial charge in [0.1, 0.15) is 6.04 Å². The molecule has 2 atom stereocenters. The molecule has 2 heterocycles. The molecule has 6 nitrogen and oxygen atoms in total. The first kappa shape index (κ1) is 17.1. The van der Waals surface area contributed by atoms with E-state index in [1.807, 2.05) is 19.1 Å². The van der Waals surface area contributed by atoms with Crippen molar-refractivity contribution in [2.45, 2.75) is 24.0 Å². The smallest absolute Gasteiger partial charge is 0.244 e. The molecule has 1 aromatic carbocycles. The fraction of sp³-hybridized carbons (Fsp3) is 0.429. The maximum atomic E-state index is 12.3. The van der Waals surface area contributed by atoms with Crippen LogP contribution in [0, 0.1) is 0 Å². The first-order valence-corrected chi connectivity index (χ1v) is 7.84. The number of thioether (sulfide) groups is 1. The number of carbonyl (C=O) groups excluding carboxylic acids is 2. The number of fused-ring (bicyclic) bond motifs is 1. The molecule has 0 unspecified atom stereocenters. The van der Waals surface area contributed by atoms with Crippen LogP contribution in [-0.2, 0) is 14.3 Å². The Labute approximate surface area is 139 Å². The van der Waals surface area contributed by atoms with Gasteiger partial charge in [0.05, 0.1) is 24.2 Å². The molecule has 2 aliphatic rings. The topological polar surface area (TPSA) is 79.5 Å². The Hall–Kier alpha value is -1.28. The lowest BCUT2D eigenvalue weighted by Gasteiger charge is -2.29. The van der Waals surface area contributed by atoms with E-state index in [9.17, 15) is 9.59 Å². The van der Waals surface area contributed by atoms with Crippen LogP contribution in [0.5, 0.6) is 0 Å². The van der Waals surface area contributed by atoms with E-state index in [2.05, 4.69) is 16.0 Å². The number of benzene rings is 1. The first-order chi connectivity index (χ1) is 10.1. The zero-order chi connectivity index (χ0) is 14.8. The minimum absolute atomic E-state index is 0. The number of nitrogens with one attached hydrogen (secondary N) is 3. The number of carbonyl (C=O) groups is 2. The van der Waals surface area contributed by atoms with Crippen LogP contribution in [0.3, 0.4) is 0 Å². The average molecular weight is 344 g/mol. The highest BCUT2D eigenvalue weighted by atomic mass is 35.5. The van der Waals surface area contributed by atoms with Crippen LogP contribution < -0.4 is 16.0 Å². The highest BCUT2D eigenvalue weighted by molar-refractivity contribution is 8.00. The van der Waals surface area contributed by atoms with Crippen molar-refractivity contribution in [3.8, 4) is 0 Å². The second-order valence-corrected chi connectivity index (χ2v) is 6.06. The monoisotopic (exact) mass is 343 g/mol. The van der Waals surface area contributed by atoms with Crippen molar-refractivity contribution in [1.82, 2.24) is 5.32 Å². The van der Waals surface area contributed by atoms with E-state index < -0.39 is 0 Å². The van der Waals surface area contributed by atoms with Gasteiger partial charge < -0.3 is 20.7 Å². The van der Waals surface area contributed by atoms with E-state index in [4.69, 9.17) is 4.74 Å². The molecule has 0 aliphatic carbocycles. The molecule has 1 fully saturated rings. The van der Waals surface area contributed by atoms with Crippen molar-refractivity contribution < 1.29 is 14.3 Å². The molecule has 0 radical (unpaired) electrons. The van der Waals surface area contributed by atoms with E-state index in [1.165, 1.54) is 11.8 Å². The van der Waals surface area contributed by atoms with Gasteiger partial charge in [-0.15, -0.1) is 24.2 Å². The third-order valence-electron chi connectivity index (χ3n) is 3.48. The SMILES string of the molecule is C[C@H]1OCCN[C@@H]1C(=O)Nc1ccc2c(c1)NC(=O)CS2.Cl. The van der Waals surface area contributed by atoms with Crippen LogP contribution in [0.15, 0.2) is 23.1 Å². The van der Waals surface area contributed by atoms with Gasteiger partial charge in [0.25, 0.3) is 0 Å². The summed E-state index contributed by atoms with van der Waals surface area (Å²) in [6.07, 6.45) is -0.161. The molecule has 2 amide bonds. The number of amides is 2. The molecule has 120 valence electrons. The first-order valence-electron chi connectivity index (χ1n) is 6.86. The summed E-state index contributed by atoms with van der Waals surface area (Å²) < 4.78 is 5.47. The van der Waals surface area contributed by atoms with Gasteiger partial charge in [0.2, 0.25) is 11.8 Å². The number of morpholine rings is 1. The molecule has 0 bridgehead atoms. The van der Waals surface area contributed by atoms with Crippen LogP contribution in [0.4, 0.5) is 11.4 Å². The second-order valence-electron chi connectivity index (χ2n) is 5.04. The third-order valence-corrected chi connectivity index (χ3v) is 4.55. The largest absolute Gasteiger partial charge is 0.375 e. The number of rotatable bonds is 2. The molecular weight excluding hydrogens is 326 g/mol. The maximum absolute atomic E-state index is 12.3. The Morgan fingerprint density at radius 1 is 1.45 bits per heavy atom. The predicted octanol–water partition coefficient (Wildman–Crippen LogP) is 1.47. The van der Waals surface area contributed by atoms with Gasteiger partial charge >= 0.3 is 0 Å². The Bertz CT molecular complexity index is 584. The lowest BCUT2D eigenvalue weighted by Crippen LogP contribution is -2.53. The van der Waals surface area contributed by atoms with Gasteiger partial charge in [-0.3, -0.25) is 9.59 Å². The Morgan fingerprint density at radius 3 is 3.05 bits per heavy atom. The van der Waals surface area contributed by atoms with Crippen molar-refractivity contribution >= 4 is 47.4 Å². The van der Waals surface area contributed by atoms with Gasteiger partial charge in [-0.1, -0.05) is 0 Å². The van der Waals surface area contributed by atoms with Gasteiger partial charge in [0.15, 0.2) is 0 Å². The molecular formula is C14H18ClN3O3S. The van der Waals surface area contributed by atoms with Gasteiger partial charge in [-0.25, -0.2) is 0 Å². The van der Waals surface area contributed by atoms with E-state index >= 15 is 0 Å². The molecule has 1 aromatic rings. The molecule has 8 heteroatoms. The Kier molecular flexibility index (Phi) is 5.69. The van der Waals surface area contributed by atoms with E-state index in [0.717, 1.165) is 10.6 Å². The number of anilines is 2. The minimum atomic E-state index is -0.362. The van der Waals surface area contributed by atoms with Crippen molar-refractivity contribution in [1.29, 1.82) is 0 Å². The van der Waals surface area contributed by atoms with Gasteiger partial charge in [-0.05, 0) is 25.1 Å². The summed E-state index contributed by atoms with van der Waals surface area (Å²) in [4.78, 5) is 24.7. The summed E-state index contributed by atoms with van der Waals surface area (Å²) in [5, 5.41) is 8.82. The predicted molar refractivity (Wildman–Crippen MR) is 88.9 cm³/mol. The summed E-state index contributed by atoms with van der Waals surface area (Å²) in [5.41, 5.74) is 1.41. The van der Waals surface area contributed by atoms with Gasteiger partial charge in [0, 0.05) is 17.1 Å². The standard InChI is InChI=1S/C14H17N3O3S.ClH/c1-8-13(15-4-5-20-8)14(19)16-9-2-3-11-10(6-9)17-12(18)7-21-11;/h2-3,6,8,13,15H,4-5,7H2,1H3,(H,16,19)(H,17,18);1H/t8-,13+;/m1./s1. The van der Waals surface area contributed by atoms with Crippen LogP contribution in [-0.4, -0.2) is 42.9 Å².